The van der Waals surface area contributed by atoms with Gasteiger partial charge in [0, 0.05) is 44.5 Å². The number of urea groups is 1. The molecule has 3 rings (SSSR count). The van der Waals surface area contributed by atoms with Crippen molar-refractivity contribution in [2.75, 3.05) is 59.3 Å². The molecule has 0 spiro atoms. The molecule has 1 aromatic carbocycles. The predicted molar refractivity (Wildman–Crippen MR) is 113 cm³/mol. The molecule has 28 heavy (non-hydrogen) atoms. The number of benzene rings is 1. The summed E-state index contributed by atoms with van der Waals surface area (Å²) in [6.07, 6.45) is 0. The third-order valence-electron chi connectivity index (χ3n) is 5.00. The van der Waals surface area contributed by atoms with Crippen LogP contribution in [0.2, 0.25) is 0 Å². The number of nitrogens with one attached hydrogen (secondary N) is 2. The van der Waals surface area contributed by atoms with Crippen molar-refractivity contribution in [1.29, 1.82) is 0 Å². The molecule has 0 radical (unpaired) electrons. The highest BCUT2D eigenvalue weighted by Crippen LogP contribution is 2.29. The van der Waals surface area contributed by atoms with Crippen molar-refractivity contribution in [2.24, 2.45) is 0 Å². The molecule has 1 atom stereocenters. The van der Waals surface area contributed by atoms with Crippen molar-refractivity contribution in [3.8, 4) is 11.5 Å². The molecule has 152 valence electrons. The van der Waals surface area contributed by atoms with E-state index in [0.29, 0.717) is 23.7 Å². The largest absolute Gasteiger partial charge is 0.493 e. The molecule has 0 bridgehead atoms. The van der Waals surface area contributed by atoms with E-state index in [1.54, 1.807) is 43.8 Å². The Morgan fingerprint density at radius 3 is 2.54 bits per heavy atom. The summed E-state index contributed by atoms with van der Waals surface area (Å²) in [6.45, 7) is 4.63. The Kier molecular flexibility index (Phi) is 7.13. The quantitative estimate of drug-likeness (QED) is 0.743. The van der Waals surface area contributed by atoms with Gasteiger partial charge in [0.15, 0.2) is 11.5 Å². The summed E-state index contributed by atoms with van der Waals surface area (Å²) in [5, 5.41) is 10.1. The van der Waals surface area contributed by atoms with Crippen molar-refractivity contribution in [3.05, 3.63) is 40.6 Å². The molecular weight excluding hydrogens is 376 g/mol. The molecule has 1 unspecified atom stereocenters. The third kappa shape index (κ3) is 5.15. The maximum absolute atomic E-state index is 12.5. The number of thiophene rings is 1. The lowest BCUT2D eigenvalue weighted by Crippen LogP contribution is -2.48. The number of ether oxygens (including phenoxy) is 2. The standard InChI is InChI=1S/C20H28N4O3S/c1-23-7-9-24(10-8-23)17(15-6-11-28-14-15)13-21-20(25)22-16-4-5-18(26-2)19(12-16)27-3/h4-6,11-12,14,17H,7-10,13H2,1-3H3,(H2,21,22,25). The zero-order valence-corrected chi connectivity index (χ0v) is 17.4. The van der Waals surface area contributed by atoms with Gasteiger partial charge in [-0.05, 0) is 41.6 Å². The minimum atomic E-state index is -0.235. The lowest BCUT2D eigenvalue weighted by atomic mass is 10.1. The zero-order chi connectivity index (χ0) is 19.9. The molecule has 7 nitrogen and oxygen atoms in total. The fraction of sp³-hybridized carbons (Fsp3) is 0.450. The summed E-state index contributed by atoms with van der Waals surface area (Å²) in [5.74, 6) is 1.20. The van der Waals surface area contributed by atoms with Gasteiger partial charge in [0.2, 0.25) is 0 Å². The number of anilines is 1. The maximum Gasteiger partial charge on any atom is 0.319 e. The van der Waals surface area contributed by atoms with Crippen molar-refractivity contribution in [1.82, 2.24) is 15.1 Å². The van der Waals surface area contributed by atoms with Gasteiger partial charge in [-0.1, -0.05) is 0 Å². The maximum atomic E-state index is 12.5. The molecule has 1 aliphatic rings. The van der Waals surface area contributed by atoms with Crippen LogP contribution in [0, 0.1) is 0 Å². The summed E-state index contributed by atoms with van der Waals surface area (Å²) >= 11 is 1.69. The van der Waals surface area contributed by atoms with Crippen LogP contribution in [0.4, 0.5) is 10.5 Å². The number of methoxy groups -OCH3 is 2. The Morgan fingerprint density at radius 1 is 1.14 bits per heavy atom. The molecule has 0 aliphatic carbocycles. The highest BCUT2D eigenvalue weighted by atomic mass is 32.1. The number of carbonyl (C=O) groups is 1. The van der Waals surface area contributed by atoms with Crippen LogP contribution in [0.1, 0.15) is 11.6 Å². The molecule has 2 aromatic rings. The lowest BCUT2D eigenvalue weighted by Gasteiger charge is -2.37. The Labute approximate surface area is 170 Å². The summed E-state index contributed by atoms with van der Waals surface area (Å²) in [7, 11) is 5.30. The highest BCUT2D eigenvalue weighted by Gasteiger charge is 2.24. The molecule has 1 aromatic heterocycles. The first-order valence-corrected chi connectivity index (χ1v) is 10.3. The number of nitrogens with zero attached hydrogens (tertiary/aromatic N) is 2. The van der Waals surface area contributed by atoms with Crippen molar-refractivity contribution >= 4 is 23.1 Å². The minimum Gasteiger partial charge on any atom is -0.493 e. The SMILES string of the molecule is COc1ccc(NC(=O)NCC(c2ccsc2)N2CCN(C)CC2)cc1OC. The first-order valence-electron chi connectivity index (χ1n) is 9.32. The van der Waals surface area contributed by atoms with Gasteiger partial charge in [-0.15, -0.1) is 0 Å². The second-order valence-electron chi connectivity index (χ2n) is 6.82. The van der Waals surface area contributed by atoms with Crippen LogP contribution in [-0.4, -0.2) is 69.8 Å². The molecule has 1 aliphatic heterocycles. The third-order valence-corrected chi connectivity index (χ3v) is 5.71. The first kappa shape index (κ1) is 20.4. The van der Waals surface area contributed by atoms with E-state index < -0.39 is 0 Å². The van der Waals surface area contributed by atoms with E-state index in [2.05, 4.69) is 44.3 Å². The monoisotopic (exact) mass is 404 g/mol. The van der Waals surface area contributed by atoms with Crippen LogP contribution in [0.15, 0.2) is 35.0 Å². The number of likely N-dealkylation sites (N-methyl/N-ethyl adjacent to an activating group) is 1. The fourth-order valence-corrected chi connectivity index (χ4v) is 4.04. The molecule has 2 heterocycles. The van der Waals surface area contributed by atoms with Gasteiger partial charge >= 0.3 is 6.03 Å². The normalized spacial score (nSPS) is 16.4. The van der Waals surface area contributed by atoms with E-state index in [-0.39, 0.29) is 12.1 Å². The number of hydrogen-bond acceptors (Lipinski definition) is 6. The average molecular weight is 405 g/mol. The minimum absolute atomic E-state index is 0.177. The van der Waals surface area contributed by atoms with Gasteiger partial charge in [0.25, 0.3) is 0 Å². The molecular formula is C20H28N4O3S. The van der Waals surface area contributed by atoms with Crippen molar-refractivity contribution in [3.63, 3.8) is 0 Å². The summed E-state index contributed by atoms with van der Waals surface area (Å²) in [4.78, 5) is 17.2. The number of piperazine rings is 1. The van der Waals surface area contributed by atoms with Gasteiger partial charge in [-0.2, -0.15) is 11.3 Å². The topological polar surface area (TPSA) is 66.1 Å². The van der Waals surface area contributed by atoms with E-state index >= 15 is 0 Å². The number of rotatable bonds is 7. The lowest BCUT2D eigenvalue weighted by molar-refractivity contribution is 0.111. The fourth-order valence-electron chi connectivity index (χ4n) is 3.33. The average Bonchev–Trinajstić information content (AvgIpc) is 3.24. The first-order chi connectivity index (χ1) is 13.6. The van der Waals surface area contributed by atoms with Gasteiger partial charge in [-0.3, -0.25) is 4.90 Å². The Balaban J connectivity index is 1.61. The van der Waals surface area contributed by atoms with Crippen LogP contribution < -0.4 is 20.1 Å². The van der Waals surface area contributed by atoms with Gasteiger partial charge in [0.05, 0.1) is 20.3 Å². The Bertz CT molecular complexity index is 761. The molecule has 2 N–H and O–H groups in total. The molecule has 1 saturated heterocycles. The van der Waals surface area contributed by atoms with Crippen LogP contribution in [0.5, 0.6) is 11.5 Å². The van der Waals surface area contributed by atoms with Gasteiger partial charge in [-0.25, -0.2) is 4.79 Å². The molecule has 0 saturated carbocycles. The van der Waals surface area contributed by atoms with Gasteiger partial charge < -0.3 is 25.0 Å². The number of carbonyl (C=O) groups excluding carboxylic acids is 1. The van der Waals surface area contributed by atoms with Crippen LogP contribution in [0.25, 0.3) is 0 Å². The number of hydrogen-bond donors (Lipinski definition) is 2. The Morgan fingerprint density at radius 2 is 1.89 bits per heavy atom. The van der Waals surface area contributed by atoms with Gasteiger partial charge in [0.1, 0.15) is 0 Å². The summed E-state index contributed by atoms with van der Waals surface area (Å²) < 4.78 is 10.5. The van der Waals surface area contributed by atoms with E-state index in [1.807, 2.05) is 0 Å². The zero-order valence-electron chi connectivity index (χ0n) is 16.6. The van der Waals surface area contributed by atoms with E-state index in [4.69, 9.17) is 9.47 Å². The number of amides is 2. The van der Waals surface area contributed by atoms with Crippen LogP contribution in [-0.2, 0) is 0 Å². The van der Waals surface area contributed by atoms with Crippen LogP contribution in [0.3, 0.4) is 0 Å². The smallest absolute Gasteiger partial charge is 0.319 e. The molecule has 8 heteroatoms. The van der Waals surface area contributed by atoms with E-state index in [0.717, 1.165) is 26.2 Å². The molecule has 2 amide bonds. The van der Waals surface area contributed by atoms with E-state index in [9.17, 15) is 4.79 Å². The second-order valence-corrected chi connectivity index (χ2v) is 7.60. The van der Waals surface area contributed by atoms with E-state index in [1.165, 1.54) is 5.56 Å². The van der Waals surface area contributed by atoms with Crippen molar-refractivity contribution < 1.29 is 14.3 Å². The van der Waals surface area contributed by atoms with Crippen molar-refractivity contribution in [2.45, 2.75) is 6.04 Å². The highest BCUT2D eigenvalue weighted by molar-refractivity contribution is 7.07. The van der Waals surface area contributed by atoms with Crippen LogP contribution >= 0.6 is 11.3 Å². The summed E-state index contributed by atoms with van der Waals surface area (Å²) in [5.41, 5.74) is 1.91. The summed E-state index contributed by atoms with van der Waals surface area (Å²) in [6, 6.07) is 7.39. The second kappa shape index (κ2) is 9.77. The molecule has 1 fully saturated rings. The Hall–Kier alpha value is -2.29. The predicted octanol–water partition coefficient (Wildman–Crippen LogP) is 2.88.